The summed E-state index contributed by atoms with van der Waals surface area (Å²) in [6.45, 7) is 0.924. The molecule has 3 aromatic rings. The summed E-state index contributed by atoms with van der Waals surface area (Å²) < 4.78 is 25.1. The van der Waals surface area contributed by atoms with Crippen LogP contribution in [0.5, 0.6) is 11.5 Å². The van der Waals surface area contributed by atoms with Crippen molar-refractivity contribution in [3.8, 4) is 11.5 Å². The summed E-state index contributed by atoms with van der Waals surface area (Å²) >= 11 is 0. The van der Waals surface area contributed by atoms with Crippen molar-refractivity contribution in [1.82, 2.24) is 0 Å². The molecule has 116 valence electrons. The molecule has 2 nitrogen and oxygen atoms in total. The van der Waals surface area contributed by atoms with Crippen LogP contribution in [0.3, 0.4) is 0 Å². The summed E-state index contributed by atoms with van der Waals surface area (Å²) in [5.41, 5.74) is 1.98. The van der Waals surface area contributed by atoms with Gasteiger partial charge in [-0.05, 0) is 35.4 Å². The molecule has 0 unspecified atom stereocenters. The Bertz CT molecular complexity index is 742. The Kier molecular flexibility index (Phi) is 5.02. The molecule has 0 aliphatic carbocycles. The third-order valence-electron chi connectivity index (χ3n) is 3.35. The van der Waals surface area contributed by atoms with Crippen LogP contribution in [-0.2, 0) is 18.0 Å². The first-order valence-corrected chi connectivity index (χ1v) is 7.44. The van der Waals surface area contributed by atoms with E-state index in [1.54, 1.807) is 24.3 Å². The highest BCUT2D eigenvalue weighted by molar-refractivity contribution is 5.35. The quantitative estimate of drug-likeness (QED) is 0.612. The zero-order chi connectivity index (χ0) is 15.9. The third kappa shape index (κ3) is 4.41. The molecule has 0 saturated heterocycles. The predicted octanol–water partition coefficient (Wildman–Crippen LogP) is 5.33. The Balaban J connectivity index is 1.63. The molecule has 23 heavy (non-hydrogen) atoms. The lowest BCUT2D eigenvalue weighted by Gasteiger charge is -2.09. The first-order chi connectivity index (χ1) is 11.3. The second kappa shape index (κ2) is 7.56. The fourth-order valence-corrected chi connectivity index (χ4v) is 2.19. The molecule has 0 saturated carbocycles. The van der Waals surface area contributed by atoms with E-state index in [-0.39, 0.29) is 11.6 Å². The monoisotopic (exact) mass is 308 g/mol. The largest absolute Gasteiger partial charge is 0.454 e. The predicted molar refractivity (Wildman–Crippen MR) is 87.9 cm³/mol. The van der Waals surface area contributed by atoms with Gasteiger partial charge >= 0.3 is 0 Å². The standard InChI is InChI=1S/C20H17FO2/c21-19-12-11-17(15-22-14-16-7-3-1-4-8-16)13-20(19)23-18-9-5-2-6-10-18/h1-13H,14-15H2. The summed E-state index contributed by atoms with van der Waals surface area (Å²) in [5, 5.41) is 0. The molecule has 0 bridgehead atoms. The molecule has 0 fully saturated rings. The van der Waals surface area contributed by atoms with Crippen molar-refractivity contribution in [2.75, 3.05) is 0 Å². The Morgan fingerprint density at radius 1 is 0.696 bits per heavy atom. The fraction of sp³-hybridized carbons (Fsp3) is 0.100. The Labute approximate surface area is 135 Å². The van der Waals surface area contributed by atoms with Crippen LogP contribution in [0.25, 0.3) is 0 Å². The van der Waals surface area contributed by atoms with Crippen LogP contribution in [-0.4, -0.2) is 0 Å². The van der Waals surface area contributed by atoms with Crippen molar-refractivity contribution in [3.63, 3.8) is 0 Å². The maximum Gasteiger partial charge on any atom is 0.165 e. The van der Waals surface area contributed by atoms with Gasteiger partial charge in [0, 0.05) is 0 Å². The lowest BCUT2D eigenvalue weighted by atomic mass is 10.2. The second-order valence-electron chi connectivity index (χ2n) is 5.16. The number of hydrogen-bond acceptors (Lipinski definition) is 2. The summed E-state index contributed by atoms with van der Waals surface area (Å²) in [4.78, 5) is 0. The third-order valence-corrected chi connectivity index (χ3v) is 3.35. The summed E-state index contributed by atoms with van der Waals surface area (Å²) in [6.07, 6.45) is 0. The number of hydrogen-bond donors (Lipinski definition) is 0. The van der Waals surface area contributed by atoms with Crippen LogP contribution in [0.4, 0.5) is 4.39 Å². The molecule has 0 aromatic heterocycles. The summed E-state index contributed by atoms with van der Waals surface area (Å²) in [6, 6.07) is 23.9. The molecule has 0 aliphatic heterocycles. The molecule has 0 N–H and O–H groups in total. The van der Waals surface area contributed by atoms with Crippen LogP contribution < -0.4 is 4.74 Å². The van der Waals surface area contributed by atoms with Gasteiger partial charge in [-0.3, -0.25) is 0 Å². The van der Waals surface area contributed by atoms with Crippen molar-refractivity contribution in [2.45, 2.75) is 13.2 Å². The first-order valence-electron chi connectivity index (χ1n) is 7.44. The van der Waals surface area contributed by atoms with E-state index in [0.29, 0.717) is 19.0 Å². The SMILES string of the molecule is Fc1ccc(COCc2ccccc2)cc1Oc1ccccc1. The molecule has 3 aromatic carbocycles. The molecule has 0 aliphatic rings. The van der Waals surface area contributed by atoms with Gasteiger partial charge in [-0.2, -0.15) is 0 Å². The average molecular weight is 308 g/mol. The molecule has 0 amide bonds. The van der Waals surface area contributed by atoms with E-state index in [9.17, 15) is 4.39 Å². The van der Waals surface area contributed by atoms with Gasteiger partial charge in [0.1, 0.15) is 5.75 Å². The number of ether oxygens (including phenoxy) is 2. The second-order valence-corrected chi connectivity index (χ2v) is 5.16. The lowest BCUT2D eigenvalue weighted by Crippen LogP contribution is -1.96. The highest BCUT2D eigenvalue weighted by atomic mass is 19.1. The maximum absolute atomic E-state index is 13.9. The van der Waals surface area contributed by atoms with Gasteiger partial charge in [0.15, 0.2) is 11.6 Å². The van der Waals surface area contributed by atoms with Crippen molar-refractivity contribution in [1.29, 1.82) is 0 Å². The summed E-state index contributed by atoms with van der Waals surface area (Å²) in [7, 11) is 0. The van der Waals surface area contributed by atoms with Crippen LogP contribution in [0.15, 0.2) is 78.9 Å². The average Bonchev–Trinajstić information content (AvgIpc) is 2.60. The van der Waals surface area contributed by atoms with Gasteiger partial charge in [-0.25, -0.2) is 4.39 Å². The van der Waals surface area contributed by atoms with Crippen LogP contribution >= 0.6 is 0 Å². The van der Waals surface area contributed by atoms with E-state index >= 15 is 0 Å². The van der Waals surface area contributed by atoms with Gasteiger partial charge in [0.05, 0.1) is 13.2 Å². The van der Waals surface area contributed by atoms with Crippen LogP contribution in [0.1, 0.15) is 11.1 Å². The van der Waals surface area contributed by atoms with Crippen LogP contribution in [0.2, 0.25) is 0 Å². The molecular formula is C20H17FO2. The number of halogens is 1. The minimum atomic E-state index is -0.388. The van der Waals surface area contributed by atoms with E-state index in [4.69, 9.17) is 9.47 Å². The van der Waals surface area contributed by atoms with E-state index in [1.807, 2.05) is 48.5 Å². The zero-order valence-corrected chi connectivity index (χ0v) is 12.6. The molecule has 0 heterocycles. The van der Waals surface area contributed by atoms with E-state index in [2.05, 4.69) is 0 Å². The molecule has 0 atom stereocenters. The Hall–Kier alpha value is -2.65. The zero-order valence-electron chi connectivity index (χ0n) is 12.6. The first kappa shape index (κ1) is 15.3. The lowest BCUT2D eigenvalue weighted by molar-refractivity contribution is 0.107. The number of benzene rings is 3. The molecular weight excluding hydrogens is 291 g/mol. The molecule has 0 radical (unpaired) electrons. The number of para-hydroxylation sites is 1. The Morgan fingerprint density at radius 2 is 1.35 bits per heavy atom. The Morgan fingerprint density at radius 3 is 2.09 bits per heavy atom. The van der Waals surface area contributed by atoms with Crippen molar-refractivity contribution in [3.05, 3.63) is 95.8 Å². The fourth-order valence-electron chi connectivity index (χ4n) is 2.19. The minimum Gasteiger partial charge on any atom is -0.454 e. The van der Waals surface area contributed by atoms with Gasteiger partial charge < -0.3 is 9.47 Å². The minimum absolute atomic E-state index is 0.206. The van der Waals surface area contributed by atoms with Gasteiger partial charge in [0.2, 0.25) is 0 Å². The molecule has 0 spiro atoms. The van der Waals surface area contributed by atoms with E-state index in [1.165, 1.54) is 6.07 Å². The molecule has 3 heteroatoms. The van der Waals surface area contributed by atoms with Gasteiger partial charge in [-0.1, -0.05) is 54.6 Å². The summed E-state index contributed by atoms with van der Waals surface area (Å²) in [5.74, 6) is 0.423. The smallest absolute Gasteiger partial charge is 0.165 e. The van der Waals surface area contributed by atoms with Crippen LogP contribution in [0, 0.1) is 5.82 Å². The van der Waals surface area contributed by atoms with Crippen molar-refractivity contribution in [2.24, 2.45) is 0 Å². The molecule has 3 rings (SSSR count). The highest BCUT2D eigenvalue weighted by Gasteiger charge is 2.06. The maximum atomic E-state index is 13.9. The number of rotatable bonds is 6. The normalized spacial score (nSPS) is 10.5. The van der Waals surface area contributed by atoms with Crippen molar-refractivity contribution >= 4 is 0 Å². The topological polar surface area (TPSA) is 18.5 Å². The van der Waals surface area contributed by atoms with Crippen molar-refractivity contribution < 1.29 is 13.9 Å². The van der Waals surface area contributed by atoms with E-state index in [0.717, 1.165) is 11.1 Å². The highest BCUT2D eigenvalue weighted by Crippen LogP contribution is 2.25. The van der Waals surface area contributed by atoms with Gasteiger partial charge in [-0.15, -0.1) is 0 Å². The van der Waals surface area contributed by atoms with E-state index < -0.39 is 0 Å². The van der Waals surface area contributed by atoms with Gasteiger partial charge in [0.25, 0.3) is 0 Å².